The number of pyridine rings is 1. The fourth-order valence-corrected chi connectivity index (χ4v) is 2.67. The topological polar surface area (TPSA) is 90.0 Å². The number of hydrogen-bond acceptors (Lipinski definition) is 5. The first-order valence-corrected chi connectivity index (χ1v) is 7.50. The maximum absolute atomic E-state index is 12.0. The van der Waals surface area contributed by atoms with Crippen molar-refractivity contribution in [2.24, 2.45) is 0 Å². The van der Waals surface area contributed by atoms with Crippen molar-refractivity contribution >= 4 is 5.91 Å². The molecule has 0 aliphatic heterocycles. The Bertz CT molecular complexity index is 686. The Morgan fingerprint density at radius 2 is 2.18 bits per heavy atom. The lowest BCUT2D eigenvalue weighted by Gasteiger charge is -2.22. The van der Waals surface area contributed by atoms with E-state index in [0.717, 1.165) is 30.4 Å². The zero-order valence-corrected chi connectivity index (χ0v) is 12.2. The third-order valence-electron chi connectivity index (χ3n) is 3.78. The highest BCUT2D eigenvalue weighted by atomic mass is 16.4. The van der Waals surface area contributed by atoms with E-state index in [2.05, 4.69) is 15.4 Å². The molecule has 0 saturated heterocycles. The summed E-state index contributed by atoms with van der Waals surface area (Å²) in [5, 5.41) is 7.00. The number of nitrogens with one attached hydrogen (secondary N) is 1. The van der Waals surface area contributed by atoms with Crippen LogP contribution in [0, 0.1) is 0 Å². The Morgan fingerprint density at radius 1 is 1.36 bits per heavy atom. The van der Waals surface area contributed by atoms with Crippen molar-refractivity contribution in [3.63, 3.8) is 0 Å². The normalized spacial score (nSPS) is 15.6. The van der Waals surface area contributed by atoms with Gasteiger partial charge in [0.05, 0.1) is 5.56 Å². The second-order valence-corrected chi connectivity index (χ2v) is 5.47. The van der Waals surface area contributed by atoms with E-state index >= 15 is 0 Å². The lowest BCUT2D eigenvalue weighted by molar-refractivity contribution is -0.122. The number of aromatic nitrogens is 3. The van der Waals surface area contributed by atoms with Gasteiger partial charge in [0.2, 0.25) is 5.91 Å². The van der Waals surface area contributed by atoms with Crippen molar-refractivity contribution in [3.8, 4) is 11.5 Å². The Kier molecular flexibility index (Phi) is 4.32. The molecule has 1 aliphatic rings. The van der Waals surface area contributed by atoms with Gasteiger partial charge in [-0.1, -0.05) is 19.3 Å². The highest BCUT2D eigenvalue weighted by Crippen LogP contribution is 2.17. The van der Waals surface area contributed by atoms with Crippen LogP contribution in [0.25, 0.3) is 11.5 Å². The van der Waals surface area contributed by atoms with Gasteiger partial charge in [-0.3, -0.25) is 9.78 Å². The molecule has 116 valence electrons. The second kappa shape index (κ2) is 6.55. The van der Waals surface area contributed by atoms with Crippen LogP contribution in [0.2, 0.25) is 0 Å². The quantitative estimate of drug-likeness (QED) is 0.920. The van der Waals surface area contributed by atoms with Crippen molar-refractivity contribution in [1.82, 2.24) is 20.1 Å². The number of nitrogens with zero attached hydrogens (tertiary/aromatic N) is 3. The largest absolute Gasteiger partial charge is 0.437 e. The highest BCUT2D eigenvalue weighted by molar-refractivity contribution is 5.75. The van der Waals surface area contributed by atoms with E-state index in [4.69, 9.17) is 4.42 Å². The summed E-state index contributed by atoms with van der Waals surface area (Å²) in [7, 11) is 0. The molecule has 0 aromatic carbocycles. The van der Waals surface area contributed by atoms with E-state index in [1.165, 1.54) is 6.42 Å². The average molecular weight is 302 g/mol. The predicted octanol–water partition coefficient (Wildman–Crippen LogP) is 1.35. The molecular formula is C15H18N4O3. The molecule has 1 fully saturated rings. The van der Waals surface area contributed by atoms with Gasteiger partial charge in [-0.25, -0.2) is 4.79 Å². The Hall–Kier alpha value is -2.44. The molecule has 1 N–H and O–H groups in total. The molecule has 3 rings (SSSR count). The Balaban J connectivity index is 1.66. The second-order valence-electron chi connectivity index (χ2n) is 5.47. The first kappa shape index (κ1) is 14.5. The monoisotopic (exact) mass is 302 g/mol. The average Bonchev–Trinajstić information content (AvgIpc) is 2.90. The minimum absolute atomic E-state index is 0.126. The maximum Gasteiger partial charge on any atom is 0.437 e. The fraction of sp³-hybridized carbons (Fsp3) is 0.467. The summed E-state index contributed by atoms with van der Waals surface area (Å²) in [6, 6.07) is 3.68. The molecule has 0 bridgehead atoms. The molecule has 0 unspecified atom stereocenters. The molecule has 1 aliphatic carbocycles. The Morgan fingerprint density at radius 3 is 2.91 bits per heavy atom. The van der Waals surface area contributed by atoms with Gasteiger partial charge in [0.1, 0.15) is 6.54 Å². The third-order valence-corrected chi connectivity index (χ3v) is 3.78. The summed E-state index contributed by atoms with van der Waals surface area (Å²) in [5.74, 6) is -0.679. The summed E-state index contributed by atoms with van der Waals surface area (Å²) < 4.78 is 6.11. The molecule has 2 heterocycles. The van der Waals surface area contributed by atoms with Crippen molar-refractivity contribution in [2.75, 3.05) is 0 Å². The molecule has 0 atom stereocenters. The van der Waals surface area contributed by atoms with Crippen LogP contribution in [0.15, 0.2) is 33.7 Å². The van der Waals surface area contributed by atoms with Gasteiger partial charge in [0, 0.05) is 18.4 Å². The molecule has 1 amide bonds. The fourth-order valence-electron chi connectivity index (χ4n) is 2.67. The van der Waals surface area contributed by atoms with Gasteiger partial charge < -0.3 is 9.73 Å². The molecular weight excluding hydrogens is 284 g/mol. The zero-order chi connectivity index (χ0) is 15.4. The van der Waals surface area contributed by atoms with Crippen molar-refractivity contribution < 1.29 is 9.21 Å². The van der Waals surface area contributed by atoms with Gasteiger partial charge in [-0.15, -0.1) is 5.10 Å². The first-order valence-electron chi connectivity index (χ1n) is 7.50. The van der Waals surface area contributed by atoms with Crippen molar-refractivity contribution in [3.05, 3.63) is 35.1 Å². The van der Waals surface area contributed by atoms with Gasteiger partial charge >= 0.3 is 5.76 Å². The van der Waals surface area contributed by atoms with E-state index < -0.39 is 5.76 Å². The number of hydrogen-bond donors (Lipinski definition) is 1. The van der Waals surface area contributed by atoms with E-state index in [-0.39, 0.29) is 24.4 Å². The van der Waals surface area contributed by atoms with Crippen LogP contribution in [0.3, 0.4) is 0 Å². The number of rotatable bonds is 4. The maximum atomic E-state index is 12.0. The Labute approximate surface area is 127 Å². The van der Waals surface area contributed by atoms with Gasteiger partial charge in [0.25, 0.3) is 5.89 Å². The lowest BCUT2D eigenvalue weighted by Crippen LogP contribution is -2.39. The van der Waals surface area contributed by atoms with E-state index in [1.54, 1.807) is 24.5 Å². The molecule has 7 heteroatoms. The molecule has 0 radical (unpaired) electrons. The van der Waals surface area contributed by atoms with Crippen LogP contribution >= 0.6 is 0 Å². The van der Waals surface area contributed by atoms with Crippen LogP contribution in [-0.4, -0.2) is 26.7 Å². The molecule has 2 aromatic rings. The summed E-state index contributed by atoms with van der Waals surface area (Å²) in [6.45, 7) is -0.126. The predicted molar refractivity (Wildman–Crippen MR) is 79.0 cm³/mol. The molecule has 7 nitrogen and oxygen atoms in total. The van der Waals surface area contributed by atoms with Crippen LogP contribution in [0.1, 0.15) is 32.1 Å². The summed E-state index contributed by atoms with van der Waals surface area (Å²) in [4.78, 5) is 27.7. The van der Waals surface area contributed by atoms with Crippen molar-refractivity contribution in [1.29, 1.82) is 0 Å². The first-order chi connectivity index (χ1) is 10.7. The van der Waals surface area contributed by atoms with E-state index in [0.29, 0.717) is 5.56 Å². The molecule has 2 aromatic heterocycles. The summed E-state index contributed by atoms with van der Waals surface area (Å²) in [5.41, 5.74) is 0.603. The molecule has 1 saturated carbocycles. The number of amides is 1. The molecule has 22 heavy (non-hydrogen) atoms. The highest BCUT2D eigenvalue weighted by Gasteiger charge is 2.18. The standard InChI is InChI=1S/C15H18N4O3/c20-13(17-12-6-2-1-3-7-12)10-19-15(21)22-14(18-19)11-5-4-8-16-9-11/h4-5,8-9,12H,1-3,6-7,10H2,(H,17,20). The summed E-state index contributed by atoms with van der Waals surface area (Å²) >= 11 is 0. The smallest absolute Gasteiger partial charge is 0.388 e. The SMILES string of the molecule is O=C(Cn1nc(-c2cccnc2)oc1=O)NC1CCCCC1. The lowest BCUT2D eigenvalue weighted by atomic mass is 9.95. The van der Waals surface area contributed by atoms with Gasteiger partial charge in [-0.05, 0) is 25.0 Å². The third kappa shape index (κ3) is 3.41. The molecule has 0 spiro atoms. The zero-order valence-electron chi connectivity index (χ0n) is 12.2. The summed E-state index contributed by atoms with van der Waals surface area (Å²) in [6.07, 6.45) is 8.68. The van der Waals surface area contributed by atoms with Crippen LogP contribution in [-0.2, 0) is 11.3 Å². The van der Waals surface area contributed by atoms with E-state index in [1.807, 2.05) is 0 Å². The minimum atomic E-state index is -0.641. The minimum Gasteiger partial charge on any atom is -0.388 e. The van der Waals surface area contributed by atoms with Gasteiger partial charge in [0.15, 0.2) is 0 Å². The number of carbonyl (C=O) groups is 1. The number of carbonyl (C=O) groups excluding carboxylic acids is 1. The van der Waals surface area contributed by atoms with Crippen LogP contribution in [0.4, 0.5) is 0 Å². The van der Waals surface area contributed by atoms with Crippen LogP contribution in [0.5, 0.6) is 0 Å². The van der Waals surface area contributed by atoms with E-state index in [9.17, 15) is 9.59 Å². The van der Waals surface area contributed by atoms with Crippen molar-refractivity contribution in [2.45, 2.75) is 44.7 Å². The van der Waals surface area contributed by atoms with Gasteiger partial charge in [-0.2, -0.15) is 4.68 Å². The van der Waals surface area contributed by atoms with Crippen LogP contribution < -0.4 is 11.1 Å².